The molecule has 3 aromatic rings. The number of hydrogen-bond acceptors (Lipinski definition) is 6. The number of aromatic nitrogens is 1. The van der Waals surface area contributed by atoms with E-state index in [1.807, 2.05) is 17.5 Å². The van der Waals surface area contributed by atoms with Gasteiger partial charge in [0.1, 0.15) is 5.76 Å². The number of rotatable bonds is 7. The number of carbonyl (C=O) groups is 1. The molecule has 0 saturated heterocycles. The maximum atomic E-state index is 12.3. The summed E-state index contributed by atoms with van der Waals surface area (Å²) in [6, 6.07) is 10.3. The number of benzene rings is 1. The van der Waals surface area contributed by atoms with E-state index >= 15 is 0 Å². The summed E-state index contributed by atoms with van der Waals surface area (Å²) in [5.74, 6) is 0.962. The zero-order valence-electron chi connectivity index (χ0n) is 15.8. The van der Waals surface area contributed by atoms with E-state index in [9.17, 15) is 13.2 Å². The highest BCUT2D eigenvalue weighted by Gasteiger charge is 2.17. The van der Waals surface area contributed by atoms with Crippen LogP contribution in [0, 0.1) is 6.92 Å². The van der Waals surface area contributed by atoms with Crippen molar-refractivity contribution >= 4 is 27.3 Å². The lowest BCUT2D eigenvalue weighted by Gasteiger charge is -2.11. The fourth-order valence-corrected chi connectivity index (χ4v) is 4.05. The third-order valence-corrected chi connectivity index (χ3v) is 6.83. The highest BCUT2D eigenvalue weighted by atomic mass is 32.2. The van der Waals surface area contributed by atoms with Gasteiger partial charge < -0.3 is 9.73 Å². The number of oxazole rings is 1. The second kappa shape index (κ2) is 8.26. The van der Waals surface area contributed by atoms with Gasteiger partial charge in [0.2, 0.25) is 21.8 Å². The summed E-state index contributed by atoms with van der Waals surface area (Å²) in [5.41, 5.74) is 1.41. The molecule has 1 N–H and O–H groups in total. The first-order valence-corrected chi connectivity index (χ1v) is 10.9. The monoisotopic (exact) mass is 419 g/mol. The van der Waals surface area contributed by atoms with Crippen LogP contribution in [0.5, 0.6) is 0 Å². The molecule has 0 unspecified atom stereocenters. The van der Waals surface area contributed by atoms with Crippen LogP contribution in [0.4, 0.5) is 0 Å². The summed E-state index contributed by atoms with van der Waals surface area (Å²) in [6.45, 7) is 2.09. The van der Waals surface area contributed by atoms with E-state index in [0.29, 0.717) is 23.9 Å². The minimum Gasteiger partial charge on any atom is -0.440 e. The second-order valence-electron chi connectivity index (χ2n) is 6.38. The minimum atomic E-state index is -3.46. The lowest BCUT2D eigenvalue weighted by molar-refractivity contribution is -0.120. The van der Waals surface area contributed by atoms with Crippen molar-refractivity contribution in [2.24, 2.45) is 0 Å². The zero-order chi connectivity index (χ0) is 20.3. The molecule has 1 amide bonds. The van der Waals surface area contributed by atoms with Gasteiger partial charge in [0.15, 0.2) is 0 Å². The molecule has 0 aliphatic heterocycles. The maximum Gasteiger partial charge on any atom is 0.242 e. The van der Waals surface area contributed by atoms with Gasteiger partial charge in [-0.05, 0) is 36.1 Å². The second-order valence-corrected chi connectivity index (χ2v) is 9.48. The van der Waals surface area contributed by atoms with Gasteiger partial charge in [-0.25, -0.2) is 17.7 Å². The van der Waals surface area contributed by atoms with Gasteiger partial charge in [-0.15, -0.1) is 11.3 Å². The van der Waals surface area contributed by atoms with Crippen molar-refractivity contribution in [3.05, 3.63) is 58.8 Å². The molecule has 0 aliphatic carbocycles. The van der Waals surface area contributed by atoms with Gasteiger partial charge in [0.05, 0.1) is 21.9 Å². The Morgan fingerprint density at radius 3 is 2.54 bits per heavy atom. The van der Waals surface area contributed by atoms with Crippen molar-refractivity contribution in [2.75, 3.05) is 14.1 Å². The van der Waals surface area contributed by atoms with Crippen molar-refractivity contribution in [1.29, 1.82) is 0 Å². The molecule has 7 nitrogen and oxygen atoms in total. The Labute approximate surface area is 168 Å². The Bertz CT molecular complexity index is 1050. The molecule has 2 heterocycles. The molecular weight excluding hydrogens is 398 g/mol. The molecule has 9 heteroatoms. The number of hydrogen-bond donors (Lipinski definition) is 1. The number of aryl methyl sites for hydroxylation is 1. The third-order valence-electron chi connectivity index (χ3n) is 4.14. The molecule has 0 spiro atoms. The molecule has 148 valence electrons. The molecule has 0 saturated carbocycles. The van der Waals surface area contributed by atoms with Crippen LogP contribution in [-0.4, -0.2) is 37.7 Å². The Morgan fingerprint density at radius 1 is 1.21 bits per heavy atom. The van der Waals surface area contributed by atoms with Crippen LogP contribution >= 0.6 is 11.3 Å². The first-order chi connectivity index (χ1) is 13.3. The first kappa shape index (κ1) is 20.2. The van der Waals surface area contributed by atoms with Crippen molar-refractivity contribution in [3.63, 3.8) is 0 Å². The van der Waals surface area contributed by atoms with Crippen LogP contribution in [0.1, 0.15) is 17.0 Å². The maximum absolute atomic E-state index is 12.3. The van der Waals surface area contributed by atoms with Crippen LogP contribution < -0.4 is 5.32 Å². The lowest BCUT2D eigenvalue weighted by atomic mass is 10.2. The molecule has 3 rings (SSSR count). The van der Waals surface area contributed by atoms with E-state index in [4.69, 9.17) is 4.42 Å². The topological polar surface area (TPSA) is 92.5 Å². The van der Waals surface area contributed by atoms with Crippen LogP contribution in [0.25, 0.3) is 10.8 Å². The van der Waals surface area contributed by atoms with E-state index in [1.54, 1.807) is 19.1 Å². The average Bonchev–Trinajstić information content (AvgIpc) is 3.30. The molecule has 2 aromatic heterocycles. The Morgan fingerprint density at radius 2 is 1.93 bits per heavy atom. The highest BCUT2D eigenvalue weighted by molar-refractivity contribution is 7.89. The third kappa shape index (κ3) is 4.49. The lowest BCUT2D eigenvalue weighted by Crippen LogP contribution is -2.25. The van der Waals surface area contributed by atoms with Crippen molar-refractivity contribution < 1.29 is 17.6 Å². The van der Waals surface area contributed by atoms with Crippen LogP contribution in [0.15, 0.2) is 51.1 Å². The molecule has 0 atom stereocenters. The Hall–Kier alpha value is -2.49. The van der Waals surface area contributed by atoms with Crippen molar-refractivity contribution in [3.8, 4) is 10.8 Å². The molecule has 1 aromatic carbocycles. The first-order valence-electron chi connectivity index (χ1n) is 8.55. The summed E-state index contributed by atoms with van der Waals surface area (Å²) in [7, 11) is -0.488. The van der Waals surface area contributed by atoms with Crippen molar-refractivity contribution in [2.45, 2.75) is 24.8 Å². The highest BCUT2D eigenvalue weighted by Crippen LogP contribution is 2.26. The molecule has 28 heavy (non-hydrogen) atoms. The van der Waals surface area contributed by atoms with E-state index in [1.165, 1.54) is 37.6 Å². The van der Waals surface area contributed by atoms with Gasteiger partial charge in [-0.3, -0.25) is 4.79 Å². The number of carbonyl (C=O) groups excluding carboxylic acids is 1. The van der Waals surface area contributed by atoms with E-state index in [0.717, 1.165) is 14.7 Å². The summed E-state index contributed by atoms with van der Waals surface area (Å²) >= 11 is 1.53. The normalized spacial score (nSPS) is 11.7. The predicted molar refractivity (Wildman–Crippen MR) is 107 cm³/mol. The fraction of sp³-hybridized carbons (Fsp3) is 0.263. The largest absolute Gasteiger partial charge is 0.440 e. The van der Waals surface area contributed by atoms with Gasteiger partial charge in [0, 0.05) is 20.6 Å². The number of sulfonamides is 1. The minimum absolute atomic E-state index is 0.119. The summed E-state index contributed by atoms with van der Waals surface area (Å²) in [6.07, 6.45) is 0.119. The molecule has 0 bridgehead atoms. The number of nitrogens with zero attached hydrogens (tertiary/aromatic N) is 2. The fourth-order valence-electron chi connectivity index (χ4n) is 2.50. The van der Waals surface area contributed by atoms with Crippen LogP contribution in [0.2, 0.25) is 0 Å². The quantitative estimate of drug-likeness (QED) is 0.636. The Kier molecular flexibility index (Phi) is 5.97. The summed E-state index contributed by atoms with van der Waals surface area (Å²) in [5, 5.41) is 4.76. The molecule has 0 aliphatic rings. The SMILES string of the molecule is Cc1oc(-c2cccs2)nc1CC(=O)NCc1ccc(S(=O)(=O)N(C)C)cc1. The van der Waals surface area contributed by atoms with Gasteiger partial charge in [0.25, 0.3) is 0 Å². The summed E-state index contributed by atoms with van der Waals surface area (Å²) < 4.78 is 31.0. The number of nitrogens with one attached hydrogen (secondary N) is 1. The smallest absolute Gasteiger partial charge is 0.242 e. The van der Waals surface area contributed by atoms with E-state index in [-0.39, 0.29) is 17.2 Å². The van der Waals surface area contributed by atoms with Crippen LogP contribution in [0.3, 0.4) is 0 Å². The van der Waals surface area contributed by atoms with E-state index < -0.39 is 10.0 Å². The zero-order valence-corrected chi connectivity index (χ0v) is 17.4. The summed E-state index contributed by atoms with van der Waals surface area (Å²) in [4.78, 5) is 17.8. The van der Waals surface area contributed by atoms with Gasteiger partial charge >= 0.3 is 0 Å². The Balaban J connectivity index is 1.59. The molecule has 0 radical (unpaired) electrons. The average molecular weight is 420 g/mol. The van der Waals surface area contributed by atoms with Gasteiger partial charge in [-0.2, -0.15) is 0 Å². The predicted octanol–water partition coefficient (Wildman–Crippen LogP) is 2.82. The number of thiophene rings is 1. The number of amides is 1. The van der Waals surface area contributed by atoms with E-state index in [2.05, 4.69) is 10.3 Å². The van der Waals surface area contributed by atoms with Crippen molar-refractivity contribution in [1.82, 2.24) is 14.6 Å². The standard InChI is InChI=1S/C19H21N3O4S2/c1-13-16(21-19(26-13)17-5-4-10-27-17)11-18(23)20-12-14-6-8-15(9-7-14)28(24,25)22(2)3/h4-10H,11-12H2,1-3H3,(H,20,23). The molecule has 0 fully saturated rings. The van der Waals surface area contributed by atoms with Gasteiger partial charge in [-0.1, -0.05) is 18.2 Å². The molecular formula is C19H21N3O4S2. The van der Waals surface area contributed by atoms with Crippen LogP contribution in [-0.2, 0) is 27.8 Å².